The first-order valence-corrected chi connectivity index (χ1v) is 5.73. The molecule has 1 atom stereocenters. The highest BCUT2D eigenvalue weighted by Crippen LogP contribution is 2.29. The van der Waals surface area contributed by atoms with E-state index in [0.717, 1.165) is 12.1 Å². The molecule has 1 rings (SSSR count). The number of aryl methyl sites for hydroxylation is 1. The van der Waals surface area contributed by atoms with Crippen molar-refractivity contribution in [1.29, 1.82) is 0 Å². The van der Waals surface area contributed by atoms with Crippen LogP contribution in [0.5, 0.6) is 0 Å². The molecule has 2 N–H and O–H groups in total. The molecule has 0 radical (unpaired) electrons. The van der Waals surface area contributed by atoms with E-state index in [0.29, 0.717) is 6.54 Å². The van der Waals surface area contributed by atoms with Crippen LogP contribution in [0, 0.1) is 18.6 Å². The topological polar surface area (TPSA) is 49.3 Å². The molecule has 0 spiro atoms. The number of carbonyl (C=O) groups is 1. The third-order valence-electron chi connectivity index (χ3n) is 2.91. The summed E-state index contributed by atoms with van der Waals surface area (Å²) in [5, 5.41) is 11.8. The summed E-state index contributed by atoms with van der Waals surface area (Å²) >= 11 is 0. The van der Waals surface area contributed by atoms with Gasteiger partial charge in [-0.15, -0.1) is 0 Å². The fraction of sp³-hybridized carbons (Fsp3) is 0.462. The van der Waals surface area contributed by atoms with E-state index in [9.17, 15) is 13.6 Å². The molecule has 5 heteroatoms. The van der Waals surface area contributed by atoms with E-state index in [1.165, 1.54) is 6.92 Å². The largest absolute Gasteiger partial charge is 0.481 e. The van der Waals surface area contributed by atoms with E-state index in [-0.39, 0.29) is 17.5 Å². The molecule has 0 heterocycles. The average molecular weight is 257 g/mol. The predicted octanol–water partition coefficient (Wildman–Crippen LogP) is 2.57. The highest BCUT2D eigenvalue weighted by molar-refractivity contribution is 5.69. The van der Waals surface area contributed by atoms with Gasteiger partial charge in [-0.1, -0.05) is 6.92 Å². The molecule has 0 saturated carbocycles. The smallest absolute Gasteiger partial charge is 0.305 e. The van der Waals surface area contributed by atoms with Gasteiger partial charge in [0, 0.05) is 5.56 Å². The molecule has 0 bridgehead atoms. The van der Waals surface area contributed by atoms with Crippen molar-refractivity contribution in [3.8, 4) is 0 Å². The molecular weight excluding hydrogens is 240 g/mol. The van der Waals surface area contributed by atoms with Crippen molar-refractivity contribution < 1.29 is 18.7 Å². The van der Waals surface area contributed by atoms with Crippen LogP contribution in [0.2, 0.25) is 0 Å². The van der Waals surface area contributed by atoms with Gasteiger partial charge in [0.05, 0.1) is 12.0 Å². The van der Waals surface area contributed by atoms with Crippen LogP contribution in [0.15, 0.2) is 12.1 Å². The fourth-order valence-electron chi connectivity index (χ4n) is 2.01. The second kappa shape index (κ2) is 5.44. The molecular formula is C13H17F2NO2. The summed E-state index contributed by atoms with van der Waals surface area (Å²) in [6, 6.07) is 2.15. The zero-order valence-electron chi connectivity index (χ0n) is 10.7. The molecule has 1 unspecified atom stereocenters. The van der Waals surface area contributed by atoms with Gasteiger partial charge in [0.1, 0.15) is 11.6 Å². The van der Waals surface area contributed by atoms with Crippen molar-refractivity contribution in [2.75, 3.05) is 6.54 Å². The third-order valence-corrected chi connectivity index (χ3v) is 2.91. The van der Waals surface area contributed by atoms with E-state index >= 15 is 0 Å². The molecule has 0 aliphatic carbocycles. The molecule has 0 aliphatic rings. The van der Waals surface area contributed by atoms with Crippen LogP contribution in [0.3, 0.4) is 0 Å². The van der Waals surface area contributed by atoms with Gasteiger partial charge in [-0.2, -0.15) is 0 Å². The molecule has 0 fully saturated rings. The molecule has 1 aromatic rings. The van der Waals surface area contributed by atoms with Crippen LogP contribution in [0.25, 0.3) is 0 Å². The minimum Gasteiger partial charge on any atom is -0.481 e. The Balaban J connectivity index is 3.28. The van der Waals surface area contributed by atoms with Crippen LogP contribution >= 0.6 is 0 Å². The Morgan fingerprint density at radius 1 is 1.39 bits per heavy atom. The van der Waals surface area contributed by atoms with Gasteiger partial charge in [0.25, 0.3) is 0 Å². The minimum atomic E-state index is -1.13. The normalized spacial score (nSPS) is 14.3. The summed E-state index contributed by atoms with van der Waals surface area (Å²) in [4.78, 5) is 10.9. The SMILES string of the molecule is CCNC(C)(CC(=O)O)c1cc(F)c(C)cc1F. The molecule has 0 amide bonds. The molecule has 100 valence electrons. The Morgan fingerprint density at radius 3 is 2.50 bits per heavy atom. The number of hydrogen-bond acceptors (Lipinski definition) is 2. The minimum absolute atomic E-state index is 0.0369. The Hall–Kier alpha value is -1.49. The van der Waals surface area contributed by atoms with Gasteiger partial charge in [-0.05, 0) is 38.1 Å². The number of aliphatic carboxylic acids is 1. The van der Waals surface area contributed by atoms with Crippen molar-refractivity contribution in [2.45, 2.75) is 32.7 Å². The number of carboxylic acids is 1. The Bertz CT molecular complexity index is 463. The van der Waals surface area contributed by atoms with E-state index in [1.807, 2.05) is 0 Å². The van der Waals surface area contributed by atoms with Gasteiger partial charge in [-0.3, -0.25) is 4.79 Å². The number of rotatable bonds is 5. The maximum absolute atomic E-state index is 13.9. The molecule has 0 aliphatic heterocycles. The summed E-state index contributed by atoms with van der Waals surface area (Å²) in [5.41, 5.74) is -0.889. The number of nitrogens with one attached hydrogen (secondary N) is 1. The molecule has 0 saturated heterocycles. The van der Waals surface area contributed by atoms with Gasteiger partial charge in [0.15, 0.2) is 0 Å². The number of carboxylic acid groups (broad SMARTS) is 1. The van der Waals surface area contributed by atoms with Gasteiger partial charge in [0.2, 0.25) is 0 Å². The lowest BCUT2D eigenvalue weighted by Gasteiger charge is -2.30. The zero-order valence-corrected chi connectivity index (χ0v) is 10.7. The number of benzene rings is 1. The lowest BCUT2D eigenvalue weighted by atomic mass is 9.87. The molecule has 1 aromatic carbocycles. The highest BCUT2D eigenvalue weighted by atomic mass is 19.1. The molecule has 3 nitrogen and oxygen atoms in total. The van der Waals surface area contributed by atoms with Gasteiger partial charge >= 0.3 is 5.97 Å². The van der Waals surface area contributed by atoms with Gasteiger partial charge in [-0.25, -0.2) is 8.78 Å². The lowest BCUT2D eigenvalue weighted by Crippen LogP contribution is -2.42. The van der Waals surface area contributed by atoms with Crippen molar-refractivity contribution in [3.05, 3.63) is 34.9 Å². The molecule has 0 aromatic heterocycles. The summed E-state index contributed by atoms with van der Waals surface area (Å²) in [7, 11) is 0. The van der Waals surface area contributed by atoms with Crippen LogP contribution in [0.1, 0.15) is 31.4 Å². The highest BCUT2D eigenvalue weighted by Gasteiger charge is 2.32. The van der Waals surface area contributed by atoms with Crippen LogP contribution in [0.4, 0.5) is 8.78 Å². The summed E-state index contributed by atoms with van der Waals surface area (Å²) in [6.45, 7) is 5.25. The fourth-order valence-corrected chi connectivity index (χ4v) is 2.01. The van der Waals surface area contributed by atoms with Crippen LogP contribution in [-0.4, -0.2) is 17.6 Å². The first-order valence-electron chi connectivity index (χ1n) is 5.73. The van der Waals surface area contributed by atoms with Crippen LogP contribution in [-0.2, 0) is 10.3 Å². The average Bonchev–Trinajstić information content (AvgIpc) is 2.22. The first kappa shape index (κ1) is 14.6. The van der Waals surface area contributed by atoms with Crippen molar-refractivity contribution >= 4 is 5.97 Å². The Labute approximate surface area is 105 Å². The Kier molecular flexibility index (Phi) is 4.40. The van der Waals surface area contributed by atoms with E-state index < -0.39 is 23.1 Å². The maximum atomic E-state index is 13.9. The number of halogens is 2. The van der Waals surface area contributed by atoms with Gasteiger partial charge < -0.3 is 10.4 Å². The van der Waals surface area contributed by atoms with Crippen molar-refractivity contribution in [1.82, 2.24) is 5.32 Å². The van der Waals surface area contributed by atoms with Crippen molar-refractivity contribution in [2.24, 2.45) is 0 Å². The first-order chi connectivity index (χ1) is 8.30. The van der Waals surface area contributed by atoms with Crippen LogP contribution < -0.4 is 5.32 Å². The van der Waals surface area contributed by atoms with Crippen molar-refractivity contribution in [3.63, 3.8) is 0 Å². The van der Waals surface area contributed by atoms with E-state index in [1.54, 1.807) is 13.8 Å². The summed E-state index contributed by atoms with van der Waals surface area (Å²) in [6.07, 6.45) is -0.319. The maximum Gasteiger partial charge on any atom is 0.305 e. The summed E-state index contributed by atoms with van der Waals surface area (Å²) in [5.74, 6) is -2.21. The standard InChI is InChI=1S/C13H17F2NO2/c1-4-16-13(3,7-12(17)18)9-6-10(14)8(2)5-11(9)15/h5-6,16H,4,7H2,1-3H3,(H,17,18). The third kappa shape index (κ3) is 3.04. The summed E-state index contributed by atoms with van der Waals surface area (Å²) < 4.78 is 27.4. The van der Waals surface area contributed by atoms with E-state index in [2.05, 4.69) is 5.32 Å². The second-order valence-electron chi connectivity index (χ2n) is 4.51. The lowest BCUT2D eigenvalue weighted by molar-refractivity contribution is -0.138. The number of hydrogen-bond donors (Lipinski definition) is 2. The Morgan fingerprint density at radius 2 is 2.00 bits per heavy atom. The van der Waals surface area contributed by atoms with E-state index in [4.69, 9.17) is 5.11 Å². The monoisotopic (exact) mass is 257 g/mol. The second-order valence-corrected chi connectivity index (χ2v) is 4.51. The predicted molar refractivity (Wildman–Crippen MR) is 64.4 cm³/mol. The zero-order chi connectivity index (χ0) is 13.9. The molecule has 18 heavy (non-hydrogen) atoms. The quantitative estimate of drug-likeness (QED) is 0.852.